The molecule has 132 valence electrons. The van der Waals surface area contributed by atoms with Crippen molar-refractivity contribution in [3.8, 4) is 6.07 Å². The van der Waals surface area contributed by atoms with Gasteiger partial charge in [0.15, 0.2) is 0 Å². The van der Waals surface area contributed by atoms with Gasteiger partial charge >= 0.3 is 0 Å². The van der Waals surface area contributed by atoms with Gasteiger partial charge in [0.1, 0.15) is 0 Å². The third-order valence-electron chi connectivity index (χ3n) is 4.73. The monoisotopic (exact) mass is 351 g/mol. The lowest BCUT2D eigenvalue weighted by Gasteiger charge is -2.10. The number of nitrogens with zero attached hydrogens (tertiary/aromatic N) is 1. The molecule has 0 bridgehead atoms. The lowest BCUT2D eigenvalue weighted by atomic mass is 10.1. The molecule has 0 aliphatic heterocycles. The van der Waals surface area contributed by atoms with Gasteiger partial charge in [-0.15, -0.1) is 0 Å². The summed E-state index contributed by atoms with van der Waals surface area (Å²) in [6, 6.07) is 29.1. The van der Waals surface area contributed by atoms with E-state index in [9.17, 15) is 0 Å². The van der Waals surface area contributed by atoms with E-state index in [0.717, 1.165) is 41.7 Å². The predicted molar refractivity (Wildman–Crippen MR) is 114 cm³/mol. The van der Waals surface area contributed by atoms with Gasteiger partial charge < -0.3 is 10.6 Å². The van der Waals surface area contributed by atoms with E-state index in [2.05, 4.69) is 77.4 Å². The highest BCUT2D eigenvalue weighted by molar-refractivity contribution is 5.87. The number of rotatable bonds is 6. The third-order valence-corrected chi connectivity index (χ3v) is 4.73. The maximum Gasteiger partial charge on any atom is 0.0991 e. The Kier molecular flexibility index (Phi) is 4.89. The summed E-state index contributed by atoms with van der Waals surface area (Å²) in [5, 5.41) is 20.7. The first-order chi connectivity index (χ1) is 13.3. The maximum absolute atomic E-state index is 8.98. The minimum absolute atomic E-state index is 0.697. The average Bonchev–Trinajstić information content (AvgIpc) is 2.73. The quantitative estimate of drug-likeness (QED) is 0.433. The van der Waals surface area contributed by atoms with Gasteiger partial charge in [-0.05, 0) is 64.4 Å². The first kappa shape index (κ1) is 16.9. The third kappa shape index (κ3) is 4.02. The molecule has 4 aromatic rings. The highest BCUT2D eigenvalue weighted by Crippen LogP contribution is 2.21. The Labute approximate surface area is 159 Å². The van der Waals surface area contributed by atoms with Gasteiger partial charge in [-0.1, -0.05) is 42.5 Å². The number of fused-ring (bicyclic) bond motifs is 2. The van der Waals surface area contributed by atoms with Crippen LogP contribution in [-0.4, -0.2) is 13.1 Å². The molecule has 0 aliphatic carbocycles. The number of hydrogen-bond donors (Lipinski definition) is 2. The molecule has 0 atom stereocenters. The van der Waals surface area contributed by atoms with E-state index in [4.69, 9.17) is 5.26 Å². The summed E-state index contributed by atoms with van der Waals surface area (Å²) < 4.78 is 0. The van der Waals surface area contributed by atoms with Crippen LogP contribution in [0.5, 0.6) is 0 Å². The highest BCUT2D eigenvalue weighted by atomic mass is 14.9. The van der Waals surface area contributed by atoms with Crippen LogP contribution >= 0.6 is 0 Å². The van der Waals surface area contributed by atoms with Crippen molar-refractivity contribution in [2.45, 2.75) is 6.42 Å². The van der Waals surface area contributed by atoms with E-state index in [1.165, 1.54) is 10.8 Å². The Morgan fingerprint density at radius 3 is 1.89 bits per heavy atom. The summed E-state index contributed by atoms with van der Waals surface area (Å²) in [6.07, 6.45) is 1.03. The van der Waals surface area contributed by atoms with Crippen molar-refractivity contribution in [1.82, 2.24) is 0 Å². The molecule has 0 saturated heterocycles. The van der Waals surface area contributed by atoms with E-state index in [-0.39, 0.29) is 0 Å². The van der Waals surface area contributed by atoms with Crippen molar-refractivity contribution in [3.05, 3.63) is 84.4 Å². The topological polar surface area (TPSA) is 47.9 Å². The molecular weight excluding hydrogens is 330 g/mol. The molecule has 3 nitrogen and oxygen atoms in total. The van der Waals surface area contributed by atoms with Crippen LogP contribution in [0, 0.1) is 11.3 Å². The van der Waals surface area contributed by atoms with Gasteiger partial charge in [0, 0.05) is 24.5 Å². The van der Waals surface area contributed by atoms with Crippen molar-refractivity contribution in [2.75, 3.05) is 23.7 Å². The van der Waals surface area contributed by atoms with E-state index < -0.39 is 0 Å². The van der Waals surface area contributed by atoms with E-state index in [1.807, 2.05) is 18.2 Å². The van der Waals surface area contributed by atoms with E-state index >= 15 is 0 Å². The Balaban J connectivity index is 1.29. The Morgan fingerprint density at radius 1 is 0.630 bits per heavy atom. The Morgan fingerprint density at radius 2 is 1.19 bits per heavy atom. The van der Waals surface area contributed by atoms with Gasteiger partial charge in [-0.25, -0.2) is 0 Å². The zero-order chi connectivity index (χ0) is 18.5. The van der Waals surface area contributed by atoms with Gasteiger partial charge in [0.25, 0.3) is 0 Å². The number of anilines is 2. The molecule has 0 aromatic heterocycles. The van der Waals surface area contributed by atoms with Crippen LogP contribution in [-0.2, 0) is 0 Å². The standard InChI is InChI=1S/C24H21N3/c25-17-18-6-7-22-16-24(11-9-21(22)14-18)27-13-3-12-26-23-10-8-19-4-1-2-5-20(19)15-23/h1-2,4-11,14-16,26-27H,3,12-13H2. The van der Waals surface area contributed by atoms with Crippen LogP contribution in [0.4, 0.5) is 11.4 Å². The second-order valence-corrected chi connectivity index (χ2v) is 6.66. The van der Waals surface area contributed by atoms with Crippen LogP contribution in [0.2, 0.25) is 0 Å². The molecule has 0 saturated carbocycles. The number of nitrogens with one attached hydrogen (secondary N) is 2. The largest absolute Gasteiger partial charge is 0.385 e. The lowest BCUT2D eigenvalue weighted by Crippen LogP contribution is -2.09. The zero-order valence-corrected chi connectivity index (χ0v) is 15.1. The van der Waals surface area contributed by atoms with Crippen LogP contribution in [0.25, 0.3) is 21.5 Å². The molecule has 0 unspecified atom stereocenters. The summed E-state index contributed by atoms with van der Waals surface area (Å²) in [7, 11) is 0. The van der Waals surface area contributed by atoms with Gasteiger partial charge in [0.05, 0.1) is 11.6 Å². The molecule has 27 heavy (non-hydrogen) atoms. The fraction of sp³-hybridized carbons (Fsp3) is 0.125. The van der Waals surface area contributed by atoms with Crippen molar-refractivity contribution in [1.29, 1.82) is 5.26 Å². The van der Waals surface area contributed by atoms with Gasteiger partial charge in [0.2, 0.25) is 0 Å². The second kappa shape index (κ2) is 7.80. The molecule has 0 fully saturated rings. The zero-order valence-electron chi connectivity index (χ0n) is 15.1. The van der Waals surface area contributed by atoms with Crippen molar-refractivity contribution in [2.24, 2.45) is 0 Å². The average molecular weight is 351 g/mol. The molecule has 0 heterocycles. The van der Waals surface area contributed by atoms with Crippen molar-refractivity contribution < 1.29 is 0 Å². The SMILES string of the molecule is N#Cc1ccc2cc(NCCCNc3ccc4ccccc4c3)ccc2c1. The summed E-state index contributed by atoms with van der Waals surface area (Å²) in [5.74, 6) is 0. The Bertz CT molecular complexity index is 1130. The second-order valence-electron chi connectivity index (χ2n) is 6.66. The van der Waals surface area contributed by atoms with E-state index in [1.54, 1.807) is 0 Å². The number of benzene rings is 4. The molecular formula is C24H21N3. The van der Waals surface area contributed by atoms with Crippen molar-refractivity contribution in [3.63, 3.8) is 0 Å². The normalized spacial score (nSPS) is 10.6. The summed E-state index contributed by atoms with van der Waals surface area (Å²) in [5.41, 5.74) is 2.97. The summed E-state index contributed by atoms with van der Waals surface area (Å²) >= 11 is 0. The first-order valence-electron chi connectivity index (χ1n) is 9.22. The molecule has 4 rings (SSSR count). The van der Waals surface area contributed by atoms with Crippen LogP contribution in [0.3, 0.4) is 0 Å². The van der Waals surface area contributed by atoms with E-state index in [0.29, 0.717) is 5.56 Å². The van der Waals surface area contributed by atoms with Crippen LogP contribution < -0.4 is 10.6 Å². The minimum Gasteiger partial charge on any atom is -0.385 e. The molecule has 0 spiro atoms. The van der Waals surface area contributed by atoms with Crippen LogP contribution in [0.15, 0.2) is 78.9 Å². The fourth-order valence-corrected chi connectivity index (χ4v) is 3.28. The smallest absolute Gasteiger partial charge is 0.0991 e. The minimum atomic E-state index is 0.697. The fourth-order valence-electron chi connectivity index (χ4n) is 3.28. The van der Waals surface area contributed by atoms with Gasteiger partial charge in [-0.3, -0.25) is 0 Å². The highest BCUT2D eigenvalue weighted by Gasteiger charge is 1.99. The molecule has 3 heteroatoms. The molecule has 0 radical (unpaired) electrons. The lowest BCUT2D eigenvalue weighted by molar-refractivity contribution is 0.910. The number of hydrogen-bond acceptors (Lipinski definition) is 3. The maximum atomic E-state index is 8.98. The van der Waals surface area contributed by atoms with Crippen LogP contribution in [0.1, 0.15) is 12.0 Å². The van der Waals surface area contributed by atoms with Gasteiger partial charge in [-0.2, -0.15) is 5.26 Å². The Hall–Kier alpha value is -3.51. The summed E-state index contributed by atoms with van der Waals surface area (Å²) in [4.78, 5) is 0. The molecule has 0 aliphatic rings. The first-order valence-corrected chi connectivity index (χ1v) is 9.22. The molecule has 2 N–H and O–H groups in total. The van der Waals surface area contributed by atoms with Crippen molar-refractivity contribution >= 4 is 32.9 Å². The predicted octanol–water partition coefficient (Wildman–Crippen LogP) is 5.78. The number of nitriles is 1. The molecule has 0 amide bonds. The molecule has 4 aromatic carbocycles. The summed E-state index contributed by atoms with van der Waals surface area (Å²) in [6.45, 7) is 1.83.